The number of nitrogens with one attached hydrogen (secondary N) is 1. The van der Waals surface area contributed by atoms with E-state index in [1.54, 1.807) is 13.2 Å². The Morgan fingerprint density at radius 3 is 2.60 bits per heavy atom. The van der Waals surface area contributed by atoms with Gasteiger partial charge >= 0.3 is 0 Å². The van der Waals surface area contributed by atoms with Crippen LogP contribution >= 0.6 is 0 Å². The van der Waals surface area contributed by atoms with Crippen LogP contribution in [-0.4, -0.2) is 12.2 Å². The maximum absolute atomic E-state index is 9.99. The number of aromatic hydroxyl groups is 1. The molecule has 0 fully saturated rings. The molecule has 0 radical (unpaired) electrons. The third kappa shape index (κ3) is 3.05. The lowest BCUT2D eigenvalue weighted by molar-refractivity contribution is 0.415. The quantitative estimate of drug-likeness (QED) is 0.853. The van der Waals surface area contributed by atoms with Crippen molar-refractivity contribution in [1.29, 1.82) is 0 Å². The molecule has 3 heteroatoms. The Morgan fingerprint density at radius 2 is 1.95 bits per heavy atom. The lowest BCUT2D eigenvalue weighted by Crippen LogP contribution is -2.10. The molecule has 1 unspecified atom stereocenters. The van der Waals surface area contributed by atoms with Crippen LogP contribution in [0.3, 0.4) is 0 Å². The Kier molecular flexibility index (Phi) is 4.51. The van der Waals surface area contributed by atoms with Gasteiger partial charge in [-0.15, -0.1) is 0 Å². The Labute approximate surface area is 120 Å². The summed E-state index contributed by atoms with van der Waals surface area (Å²) >= 11 is 0. The Balaban J connectivity index is 2.29. The number of phenols is 1. The van der Waals surface area contributed by atoms with Crippen LogP contribution in [-0.2, 0) is 0 Å². The van der Waals surface area contributed by atoms with Crippen molar-refractivity contribution in [2.75, 3.05) is 12.4 Å². The molecule has 0 aliphatic heterocycles. The van der Waals surface area contributed by atoms with Gasteiger partial charge in [-0.05, 0) is 37.1 Å². The normalized spacial score (nSPS) is 11.9. The van der Waals surface area contributed by atoms with E-state index < -0.39 is 0 Å². The molecule has 0 aliphatic rings. The molecule has 2 aromatic rings. The summed E-state index contributed by atoms with van der Waals surface area (Å²) < 4.78 is 5.41. The van der Waals surface area contributed by atoms with Crippen molar-refractivity contribution in [2.45, 2.75) is 26.3 Å². The zero-order valence-corrected chi connectivity index (χ0v) is 12.2. The van der Waals surface area contributed by atoms with E-state index >= 15 is 0 Å². The van der Waals surface area contributed by atoms with Gasteiger partial charge in [0.1, 0.15) is 11.5 Å². The van der Waals surface area contributed by atoms with Crippen molar-refractivity contribution in [1.82, 2.24) is 0 Å². The van der Waals surface area contributed by atoms with Gasteiger partial charge in [-0.1, -0.05) is 31.2 Å². The van der Waals surface area contributed by atoms with E-state index in [-0.39, 0.29) is 6.04 Å². The van der Waals surface area contributed by atoms with Crippen LogP contribution in [0.5, 0.6) is 11.5 Å². The van der Waals surface area contributed by atoms with Crippen molar-refractivity contribution in [3.8, 4) is 11.5 Å². The second kappa shape index (κ2) is 6.33. The molecule has 0 saturated heterocycles. The molecule has 106 valence electrons. The average Bonchev–Trinajstić information content (AvgIpc) is 2.47. The Morgan fingerprint density at radius 1 is 1.20 bits per heavy atom. The molecule has 3 nitrogen and oxygen atoms in total. The number of rotatable bonds is 5. The lowest BCUT2D eigenvalue weighted by atomic mass is 10.0. The molecule has 0 amide bonds. The maximum Gasteiger partial charge on any atom is 0.142 e. The number of benzene rings is 2. The SMILES string of the molecule is CCC(Nc1ccc(C)cc1OC)c1ccccc1O. The first kappa shape index (κ1) is 14.3. The highest BCUT2D eigenvalue weighted by atomic mass is 16.5. The summed E-state index contributed by atoms with van der Waals surface area (Å²) in [6, 6.07) is 13.5. The molecule has 2 aromatic carbocycles. The van der Waals surface area contributed by atoms with Crippen LogP contribution in [0.2, 0.25) is 0 Å². The van der Waals surface area contributed by atoms with E-state index in [2.05, 4.69) is 12.2 Å². The number of phenolic OH excluding ortho intramolecular Hbond substituents is 1. The highest BCUT2D eigenvalue weighted by molar-refractivity contribution is 5.59. The molecular weight excluding hydrogens is 250 g/mol. The first-order valence-corrected chi connectivity index (χ1v) is 6.84. The summed E-state index contributed by atoms with van der Waals surface area (Å²) in [5.74, 6) is 1.14. The van der Waals surface area contributed by atoms with Gasteiger partial charge in [0.05, 0.1) is 18.8 Å². The smallest absolute Gasteiger partial charge is 0.142 e. The molecule has 0 heterocycles. The van der Waals surface area contributed by atoms with E-state index in [4.69, 9.17) is 4.74 Å². The molecule has 0 aliphatic carbocycles. The van der Waals surface area contributed by atoms with Crippen LogP contribution in [0.4, 0.5) is 5.69 Å². The monoisotopic (exact) mass is 271 g/mol. The van der Waals surface area contributed by atoms with Crippen LogP contribution in [0.15, 0.2) is 42.5 Å². The van der Waals surface area contributed by atoms with Crippen LogP contribution in [0.25, 0.3) is 0 Å². The summed E-state index contributed by atoms with van der Waals surface area (Å²) in [4.78, 5) is 0. The van der Waals surface area contributed by atoms with Gasteiger partial charge in [0.15, 0.2) is 0 Å². The van der Waals surface area contributed by atoms with Gasteiger partial charge < -0.3 is 15.2 Å². The number of para-hydroxylation sites is 1. The van der Waals surface area contributed by atoms with Crippen LogP contribution in [0.1, 0.15) is 30.5 Å². The van der Waals surface area contributed by atoms with E-state index in [9.17, 15) is 5.11 Å². The zero-order valence-electron chi connectivity index (χ0n) is 12.2. The van der Waals surface area contributed by atoms with Gasteiger partial charge in [0.25, 0.3) is 0 Å². The molecule has 2 rings (SSSR count). The minimum Gasteiger partial charge on any atom is -0.508 e. The summed E-state index contributed by atoms with van der Waals surface area (Å²) in [5.41, 5.74) is 2.99. The minimum atomic E-state index is 0.0489. The van der Waals surface area contributed by atoms with E-state index in [1.165, 1.54) is 0 Å². The molecular formula is C17H21NO2. The van der Waals surface area contributed by atoms with Gasteiger partial charge in [-0.3, -0.25) is 0 Å². The Hall–Kier alpha value is -2.16. The molecule has 1 atom stereocenters. The molecule has 0 saturated carbocycles. The second-order valence-electron chi connectivity index (χ2n) is 4.87. The van der Waals surface area contributed by atoms with Gasteiger partial charge in [-0.2, -0.15) is 0 Å². The molecule has 0 spiro atoms. The molecule has 0 aromatic heterocycles. The average molecular weight is 271 g/mol. The third-order valence-electron chi connectivity index (χ3n) is 3.41. The molecule has 0 bridgehead atoms. The number of ether oxygens (including phenoxy) is 1. The fraction of sp³-hybridized carbons (Fsp3) is 0.294. The van der Waals surface area contributed by atoms with Crippen molar-refractivity contribution in [3.63, 3.8) is 0 Å². The number of anilines is 1. The standard InChI is InChI=1S/C17H21NO2/c1-4-14(13-7-5-6-8-16(13)19)18-15-10-9-12(2)11-17(15)20-3/h5-11,14,18-19H,4H2,1-3H3. The number of methoxy groups -OCH3 is 1. The fourth-order valence-electron chi connectivity index (χ4n) is 2.29. The summed E-state index contributed by atoms with van der Waals surface area (Å²) in [6.45, 7) is 4.12. The molecule has 2 N–H and O–H groups in total. The van der Waals surface area contributed by atoms with Gasteiger partial charge in [0, 0.05) is 5.56 Å². The van der Waals surface area contributed by atoms with Crippen LogP contribution in [0, 0.1) is 6.92 Å². The van der Waals surface area contributed by atoms with Gasteiger partial charge in [-0.25, -0.2) is 0 Å². The van der Waals surface area contributed by atoms with E-state index in [0.717, 1.165) is 29.0 Å². The summed E-state index contributed by atoms with van der Waals surface area (Å²) in [5, 5.41) is 13.4. The van der Waals surface area contributed by atoms with E-state index in [1.807, 2.05) is 43.3 Å². The number of aryl methyl sites for hydroxylation is 1. The number of hydrogen-bond donors (Lipinski definition) is 2. The zero-order chi connectivity index (χ0) is 14.5. The summed E-state index contributed by atoms with van der Waals surface area (Å²) in [6.07, 6.45) is 0.870. The highest BCUT2D eigenvalue weighted by Crippen LogP contribution is 2.33. The fourth-order valence-corrected chi connectivity index (χ4v) is 2.29. The first-order chi connectivity index (χ1) is 9.65. The van der Waals surface area contributed by atoms with Crippen molar-refractivity contribution < 1.29 is 9.84 Å². The van der Waals surface area contributed by atoms with Crippen LogP contribution < -0.4 is 10.1 Å². The maximum atomic E-state index is 9.99. The van der Waals surface area contributed by atoms with E-state index in [0.29, 0.717) is 5.75 Å². The van der Waals surface area contributed by atoms with Crippen molar-refractivity contribution >= 4 is 5.69 Å². The predicted octanol–water partition coefficient (Wildman–Crippen LogP) is 4.27. The highest BCUT2D eigenvalue weighted by Gasteiger charge is 2.14. The van der Waals surface area contributed by atoms with Gasteiger partial charge in [0.2, 0.25) is 0 Å². The predicted molar refractivity (Wildman–Crippen MR) is 82.5 cm³/mol. The van der Waals surface area contributed by atoms with Crippen molar-refractivity contribution in [2.24, 2.45) is 0 Å². The topological polar surface area (TPSA) is 41.5 Å². The second-order valence-corrected chi connectivity index (χ2v) is 4.87. The first-order valence-electron chi connectivity index (χ1n) is 6.84. The Bertz CT molecular complexity index is 581. The minimum absolute atomic E-state index is 0.0489. The molecule has 20 heavy (non-hydrogen) atoms. The summed E-state index contributed by atoms with van der Waals surface area (Å²) in [7, 11) is 1.67. The largest absolute Gasteiger partial charge is 0.508 e. The number of hydrogen-bond acceptors (Lipinski definition) is 3. The third-order valence-corrected chi connectivity index (χ3v) is 3.41. The van der Waals surface area contributed by atoms with Crippen molar-refractivity contribution in [3.05, 3.63) is 53.6 Å². The lowest BCUT2D eigenvalue weighted by Gasteiger charge is -2.21.